The van der Waals surface area contributed by atoms with Gasteiger partial charge in [-0.25, -0.2) is 0 Å². The van der Waals surface area contributed by atoms with Gasteiger partial charge in [-0.2, -0.15) is 0 Å². The highest BCUT2D eigenvalue weighted by atomic mass is 16.2. The van der Waals surface area contributed by atoms with Gasteiger partial charge in [0.05, 0.1) is 22.5 Å². The van der Waals surface area contributed by atoms with Crippen molar-refractivity contribution in [2.75, 3.05) is 0 Å². The summed E-state index contributed by atoms with van der Waals surface area (Å²) in [4.78, 5) is 29.8. The molecule has 2 amide bonds. The van der Waals surface area contributed by atoms with Crippen LogP contribution < -0.4 is 0 Å². The van der Waals surface area contributed by atoms with Crippen LogP contribution in [0.5, 0.6) is 0 Å². The van der Waals surface area contributed by atoms with E-state index in [4.69, 9.17) is 0 Å². The van der Waals surface area contributed by atoms with Gasteiger partial charge in [0.2, 0.25) is 0 Å². The molecular formula is C26H18N2O2. The first-order valence-electron chi connectivity index (χ1n) is 9.96. The number of carbonyl (C=O) groups is 2. The highest BCUT2D eigenvalue weighted by molar-refractivity contribution is 6.20. The Kier molecular flexibility index (Phi) is 3.28. The molecule has 30 heavy (non-hydrogen) atoms. The first-order valence-corrected chi connectivity index (χ1v) is 9.96. The monoisotopic (exact) mass is 390 g/mol. The van der Waals surface area contributed by atoms with Gasteiger partial charge in [0.1, 0.15) is 0 Å². The van der Waals surface area contributed by atoms with Crippen molar-refractivity contribution in [2.45, 2.75) is 13.8 Å². The van der Waals surface area contributed by atoms with Gasteiger partial charge in [-0.1, -0.05) is 36.4 Å². The number of fused-ring (bicyclic) bond motifs is 6. The van der Waals surface area contributed by atoms with Crippen molar-refractivity contribution >= 4 is 35.4 Å². The number of hydrogen-bond donors (Lipinski definition) is 0. The number of benzene rings is 2. The van der Waals surface area contributed by atoms with Crippen LogP contribution in [-0.4, -0.2) is 21.6 Å². The van der Waals surface area contributed by atoms with E-state index in [0.717, 1.165) is 44.8 Å². The molecule has 0 aromatic heterocycles. The molecule has 2 aromatic carbocycles. The van der Waals surface area contributed by atoms with Gasteiger partial charge in [-0.3, -0.25) is 19.4 Å². The third kappa shape index (κ3) is 2.10. The Morgan fingerprint density at radius 1 is 0.633 bits per heavy atom. The SMILES string of the molecule is Cc1cccc2c1C1=C/C(=C3\C=C4c5c(C)cccc5C=CN4C3=O)C(=O)N1C=C2. The summed E-state index contributed by atoms with van der Waals surface area (Å²) in [6.07, 6.45) is 11.2. The fourth-order valence-corrected chi connectivity index (χ4v) is 4.75. The van der Waals surface area contributed by atoms with Crippen LogP contribution in [0.4, 0.5) is 0 Å². The Morgan fingerprint density at radius 3 is 1.50 bits per heavy atom. The maximum absolute atomic E-state index is 13.3. The van der Waals surface area contributed by atoms with Crippen molar-refractivity contribution in [1.29, 1.82) is 0 Å². The quantitative estimate of drug-likeness (QED) is 0.615. The van der Waals surface area contributed by atoms with Crippen molar-refractivity contribution in [1.82, 2.24) is 9.80 Å². The maximum atomic E-state index is 13.3. The second-order valence-corrected chi connectivity index (χ2v) is 7.95. The summed E-state index contributed by atoms with van der Waals surface area (Å²) in [5.74, 6) is -0.326. The second-order valence-electron chi connectivity index (χ2n) is 7.95. The average Bonchev–Trinajstić information content (AvgIpc) is 3.25. The topological polar surface area (TPSA) is 40.6 Å². The van der Waals surface area contributed by atoms with E-state index in [1.54, 1.807) is 22.2 Å². The summed E-state index contributed by atoms with van der Waals surface area (Å²) in [6, 6.07) is 12.2. The van der Waals surface area contributed by atoms with E-state index in [1.807, 2.05) is 74.5 Å². The van der Waals surface area contributed by atoms with Gasteiger partial charge in [0, 0.05) is 23.5 Å². The Labute approximate surface area is 174 Å². The standard InChI is InChI=1S/C26H18N2O2/c1-15-5-3-7-17-9-11-27-21(23(15)17)13-19(25(27)29)20-14-22-24-16(2)6-4-8-18(24)10-12-28(22)26(20)30/h3-14H,1-2H3/b20-19-. The zero-order valence-electron chi connectivity index (χ0n) is 16.6. The van der Waals surface area contributed by atoms with Gasteiger partial charge in [0.15, 0.2) is 0 Å². The summed E-state index contributed by atoms with van der Waals surface area (Å²) in [7, 11) is 0. The molecule has 0 saturated carbocycles. The van der Waals surface area contributed by atoms with E-state index in [0.29, 0.717) is 11.1 Å². The third-order valence-corrected chi connectivity index (χ3v) is 6.20. The molecule has 0 bridgehead atoms. The molecule has 0 fully saturated rings. The van der Waals surface area contributed by atoms with Crippen molar-refractivity contribution < 1.29 is 9.59 Å². The number of carbonyl (C=O) groups excluding carboxylic acids is 2. The molecule has 0 atom stereocenters. The van der Waals surface area contributed by atoms with Crippen LogP contribution in [0.15, 0.2) is 72.1 Å². The molecule has 6 rings (SSSR count). The molecule has 4 nitrogen and oxygen atoms in total. The molecule has 0 unspecified atom stereocenters. The zero-order chi connectivity index (χ0) is 20.6. The zero-order valence-corrected chi connectivity index (χ0v) is 16.6. The van der Waals surface area contributed by atoms with E-state index in [1.165, 1.54) is 0 Å². The molecule has 4 heterocycles. The molecule has 2 aromatic rings. The van der Waals surface area contributed by atoms with Crippen LogP contribution in [0.1, 0.15) is 33.4 Å². The molecule has 0 spiro atoms. The molecule has 0 aliphatic carbocycles. The normalized spacial score (nSPS) is 20.7. The summed E-state index contributed by atoms with van der Waals surface area (Å²) in [6.45, 7) is 4.08. The van der Waals surface area contributed by atoms with Crippen molar-refractivity contribution in [3.63, 3.8) is 0 Å². The van der Waals surface area contributed by atoms with E-state index in [2.05, 4.69) is 0 Å². The Hall–Kier alpha value is -3.92. The Morgan fingerprint density at radius 2 is 1.07 bits per heavy atom. The van der Waals surface area contributed by atoms with Gasteiger partial charge in [-0.05, 0) is 60.4 Å². The molecule has 4 aliphatic heterocycles. The van der Waals surface area contributed by atoms with E-state index < -0.39 is 0 Å². The van der Waals surface area contributed by atoms with Crippen molar-refractivity contribution in [3.8, 4) is 0 Å². The first kappa shape index (κ1) is 17.0. The van der Waals surface area contributed by atoms with Gasteiger partial charge in [0.25, 0.3) is 11.8 Å². The van der Waals surface area contributed by atoms with Gasteiger partial charge < -0.3 is 0 Å². The molecule has 0 radical (unpaired) electrons. The highest BCUT2D eigenvalue weighted by Crippen LogP contribution is 2.42. The van der Waals surface area contributed by atoms with Crippen LogP contribution in [0.25, 0.3) is 23.5 Å². The molecule has 0 saturated heterocycles. The molecule has 0 N–H and O–H groups in total. The predicted octanol–water partition coefficient (Wildman–Crippen LogP) is 4.64. The lowest BCUT2D eigenvalue weighted by molar-refractivity contribution is -0.123. The number of amides is 2. The summed E-state index contributed by atoms with van der Waals surface area (Å²) in [5, 5.41) is 0. The summed E-state index contributed by atoms with van der Waals surface area (Å²) < 4.78 is 0. The first-order chi connectivity index (χ1) is 14.5. The maximum Gasteiger partial charge on any atom is 0.263 e. The minimum Gasteiger partial charge on any atom is -0.283 e. The highest BCUT2D eigenvalue weighted by Gasteiger charge is 2.39. The van der Waals surface area contributed by atoms with Crippen molar-refractivity contribution in [2.24, 2.45) is 0 Å². The average molecular weight is 390 g/mol. The Bertz CT molecular complexity index is 1250. The van der Waals surface area contributed by atoms with E-state index in [9.17, 15) is 9.59 Å². The van der Waals surface area contributed by atoms with E-state index in [-0.39, 0.29) is 11.8 Å². The lowest BCUT2D eigenvalue weighted by Gasteiger charge is -2.23. The smallest absolute Gasteiger partial charge is 0.263 e. The fourth-order valence-electron chi connectivity index (χ4n) is 4.75. The van der Waals surface area contributed by atoms with Crippen LogP contribution >= 0.6 is 0 Å². The Balaban J connectivity index is 1.56. The number of hydrogen-bond acceptors (Lipinski definition) is 2. The van der Waals surface area contributed by atoms with Gasteiger partial charge >= 0.3 is 0 Å². The minimum atomic E-state index is -0.163. The number of rotatable bonds is 0. The third-order valence-electron chi connectivity index (χ3n) is 6.20. The number of aryl methyl sites for hydroxylation is 2. The van der Waals surface area contributed by atoms with Crippen LogP contribution in [-0.2, 0) is 9.59 Å². The van der Waals surface area contributed by atoms with Crippen LogP contribution in [0, 0.1) is 13.8 Å². The fraction of sp³-hybridized carbons (Fsp3) is 0.0769. The summed E-state index contributed by atoms with van der Waals surface area (Å²) >= 11 is 0. The van der Waals surface area contributed by atoms with Crippen LogP contribution in [0.3, 0.4) is 0 Å². The van der Waals surface area contributed by atoms with Crippen LogP contribution in [0.2, 0.25) is 0 Å². The largest absolute Gasteiger partial charge is 0.283 e. The number of nitrogens with zero attached hydrogens (tertiary/aromatic N) is 2. The molecular weight excluding hydrogens is 372 g/mol. The molecule has 4 aliphatic rings. The van der Waals surface area contributed by atoms with E-state index >= 15 is 0 Å². The lowest BCUT2D eigenvalue weighted by atomic mass is 9.96. The molecule has 4 heteroatoms. The molecule has 144 valence electrons. The lowest BCUT2D eigenvalue weighted by Crippen LogP contribution is -2.25. The second kappa shape index (κ2) is 5.80. The predicted molar refractivity (Wildman–Crippen MR) is 117 cm³/mol. The minimum absolute atomic E-state index is 0.163. The summed E-state index contributed by atoms with van der Waals surface area (Å²) in [5.41, 5.74) is 9.02. The van der Waals surface area contributed by atoms with Crippen molar-refractivity contribution in [3.05, 3.63) is 105 Å². The van der Waals surface area contributed by atoms with Gasteiger partial charge in [-0.15, -0.1) is 0 Å².